The molecule has 0 N–H and O–H groups in total. The predicted molar refractivity (Wildman–Crippen MR) is 84.6 cm³/mol. The van der Waals surface area contributed by atoms with E-state index in [1.54, 1.807) is 38.3 Å². The zero-order valence-corrected chi connectivity index (χ0v) is 13.3. The van der Waals surface area contributed by atoms with Crippen LogP contribution < -0.4 is 14.2 Å². The first-order chi connectivity index (χ1) is 10.5. The molecular weight excluding hydrogens is 280 g/mol. The fourth-order valence-electron chi connectivity index (χ4n) is 1.93. The Morgan fingerprint density at radius 3 is 2.27 bits per heavy atom. The van der Waals surface area contributed by atoms with E-state index in [2.05, 4.69) is 0 Å². The molecule has 0 aliphatic carbocycles. The highest BCUT2D eigenvalue weighted by Gasteiger charge is 2.18. The topological polar surface area (TPSA) is 44.8 Å². The standard InChI is InChI=1S/C18H20O4/c1-12-6-5-7-17(13(12)2)21-14(3)18(19)22-16-10-8-15(20-4)9-11-16/h5-11,14H,1-4H3/t14-/m0/s1. The average molecular weight is 300 g/mol. The molecule has 0 spiro atoms. The molecule has 0 unspecified atom stereocenters. The molecule has 0 fully saturated rings. The molecule has 0 heterocycles. The lowest BCUT2D eigenvalue weighted by Crippen LogP contribution is -2.28. The van der Waals surface area contributed by atoms with Crippen molar-refractivity contribution in [1.29, 1.82) is 0 Å². The highest BCUT2D eigenvalue weighted by Crippen LogP contribution is 2.23. The molecular formula is C18H20O4. The number of hydrogen-bond donors (Lipinski definition) is 0. The molecule has 22 heavy (non-hydrogen) atoms. The van der Waals surface area contributed by atoms with Crippen LogP contribution in [-0.4, -0.2) is 19.2 Å². The van der Waals surface area contributed by atoms with E-state index in [1.807, 2.05) is 32.0 Å². The second-order valence-electron chi connectivity index (χ2n) is 5.05. The summed E-state index contributed by atoms with van der Waals surface area (Å²) < 4.78 is 16.1. The number of carbonyl (C=O) groups excluding carboxylic acids is 1. The van der Waals surface area contributed by atoms with Gasteiger partial charge < -0.3 is 14.2 Å². The van der Waals surface area contributed by atoms with Crippen molar-refractivity contribution in [3.63, 3.8) is 0 Å². The van der Waals surface area contributed by atoms with Crippen molar-refractivity contribution >= 4 is 5.97 Å². The maximum atomic E-state index is 12.1. The predicted octanol–water partition coefficient (Wildman–Crippen LogP) is 3.68. The summed E-state index contributed by atoms with van der Waals surface area (Å²) in [5.41, 5.74) is 2.14. The first-order valence-corrected chi connectivity index (χ1v) is 7.10. The van der Waals surface area contributed by atoms with Crippen molar-refractivity contribution < 1.29 is 19.0 Å². The molecule has 0 aliphatic heterocycles. The molecule has 116 valence electrons. The van der Waals surface area contributed by atoms with E-state index in [1.165, 1.54) is 0 Å². The molecule has 0 saturated heterocycles. The Kier molecular flexibility index (Phi) is 5.04. The molecule has 4 nitrogen and oxygen atoms in total. The largest absolute Gasteiger partial charge is 0.497 e. The fraction of sp³-hybridized carbons (Fsp3) is 0.278. The van der Waals surface area contributed by atoms with E-state index in [0.29, 0.717) is 17.2 Å². The van der Waals surface area contributed by atoms with Gasteiger partial charge in [-0.25, -0.2) is 4.79 Å². The summed E-state index contributed by atoms with van der Waals surface area (Å²) in [5.74, 6) is 1.42. The van der Waals surface area contributed by atoms with Crippen LogP contribution in [0.15, 0.2) is 42.5 Å². The zero-order chi connectivity index (χ0) is 16.1. The molecule has 0 aliphatic rings. The van der Waals surface area contributed by atoms with Crippen molar-refractivity contribution in [2.24, 2.45) is 0 Å². The summed E-state index contributed by atoms with van der Waals surface area (Å²) in [6.45, 7) is 5.64. The van der Waals surface area contributed by atoms with Gasteiger partial charge in [0.05, 0.1) is 7.11 Å². The number of methoxy groups -OCH3 is 1. The zero-order valence-electron chi connectivity index (χ0n) is 13.3. The second-order valence-corrected chi connectivity index (χ2v) is 5.05. The van der Waals surface area contributed by atoms with Gasteiger partial charge in [0.25, 0.3) is 0 Å². The summed E-state index contributed by atoms with van der Waals surface area (Å²) in [6, 6.07) is 12.6. The van der Waals surface area contributed by atoms with Crippen LogP contribution in [0.5, 0.6) is 17.2 Å². The Labute approximate surface area is 130 Å². The first-order valence-electron chi connectivity index (χ1n) is 7.10. The third-order valence-corrected chi connectivity index (χ3v) is 3.47. The Morgan fingerprint density at radius 1 is 1.00 bits per heavy atom. The van der Waals surface area contributed by atoms with Gasteiger partial charge in [-0.1, -0.05) is 12.1 Å². The normalized spacial score (nSPS) is 11.6. The van der Waals surface area contributed by atoms with E-state index in [-0.39, 0.29) is 0 Å². The number of esters is 1. The lowest BCUT2D eigenvalue weighted by Gasteiger charge is -2.16. The van der Waals surface area contributed by atoms with Gasteiger partial charge in [0.15, 0.2) is 6.10 Å². The van der Waals surface area contributed by atoms with Gasteiger partial charge in [-0.2, -0.15) is 0 Å². The summed E-state index contributed by atoms with van der Waals surface area (Å²) in [6.07, 6.45) is -0.692. The number of rotatable bonds is 5. The minimum Gasteiger partial charge on any atom is -0.497 e. The number of benzene rings is 2. The molecule has 2 aromatic carbocycles. The Bertz CT molecular complexity index is 647. The van der Waals surface area contributed by atoms with Gasteiger partial charge in [0.2, 0.25) is 0 Å². The van der Waals surface area contributed by atoms with Crippen LogP contribution in [0.2, 0.25) is 0 Å². The van der Waals surface area contributed by atoms with Crippen molar-refractivity contribution in [2.75, 3.05) is 7.11 Å². The van der Waals surface area contributed by atoms with Crippen molar-refractivity contribution in [3.8, 4) is 17.2 Å². The third-order valence-electron chi connectivity index (χ3n) is 3.47. The molecule has 0 saturated carbocycles. The van der Waals surface area contributed by atoms with E-state index in [0.717, 1.165) is 11.1 Å². The summed E-state index contributed by atoms with van der Waals surface area (Å²) in [5, 5.41) is 0. The van der Waals surface area contributed by atoms with Crippen molar-refractivity contribution in [1.82, 2.24) is 0 Å². The summed E-state index contributed by atoms with van der Waals surface area (Å²) in [7, 11) is 1.58. The lowest BCUT2D eigenvalue weighted by molar-refractivity contribution is -0.141. The maximum absolute atomic E-state index is 12.1. The van der Waals surface area contributed by atoms with Crippen LogP contribution in [0.3, 0.4) is 0 Å². The lowest BCUT2D eigenvalue weighted by atomic mass is 10.1. The molecule has 0 amide bonds. The highest BCUT2D eigenvalue weighted by atomic mass is 16.6. The van der Waals surface area contributed by atoms with E-state index in [9.17, 15) is 4.79 Å². The summed E-state index contributed by atoms with van der Waals surface area (Å²) in [4.78, 5) is 12.1. The number of carbonyl (C=O) groups is 1. The van der Waals surface area contributed by atoms with Gasteiger partial charge >= 0.3 is 5.97 Å². The molecule has 0 bridgehead atoms. The molecule has 0 radical (unpaired) electrons. The smallest absolute Gasteiger partial charge is 0.352 e. The highest BCUT2D eigenvalue weighted by molar-refractivity contribution is 5.77. The molecule has 2 rings (SSSR count). The van der Waals surface area contributed by atoms with E-state index < -0.39 is 12.1 Å². The Balaban J connectivity index is 2.01. The monoisotopic (exact) mass is 300 g/mol. The Morgan fingerprint density at radius 2 is 1.64 bits per heavy atom. The van der Waals surface area contributed by atoms with Gasteiger partial charge in [0.1, 0.15) is 17.2 Å². The minimum absolute atomic E-state index is 0.439. The van der Waals surface area contributed by atoms with E-state index >= 15 is 0 Å². The molecule has 4 heteroatoms. The van der Waals surface area contributed by atoms with Crippen LogP contribution in [0.1, 0.15) is 18.1 Å². The van der Waals surface area contributed by atoms with Crippen LogP contribution in [0, 0.1) is 13.8 Å². The van der Waals surface area contributed by atoms with Crippen LogP contribution in [0.25, 0.3) is 0 Å². The van der Waals surface area contributed by atoms with Crippen molar-refractivity contribution in [2.45, 2.75) is 26.9 Å². The maximum Gasteiger partial charge on any atom is 0.352 e. The molecule has 1 atom stereocenters. The molecule has 2 aromatic rings. The number of ether oxygens (including phenoxy) is 3. The first kappa shape index (κ1) is 15.9. The van der Waals surface area contributed by atoms with Crippen molar-refractivity contribution in [3.05, 3.63) is 53.6 Å². The fourth-order valence-corrected chi connectivity index (χ4v) is 1.93. The van der Waals surface area contributed by atoms with Gasteiger partial charge in [0, 0.05) is 0 Å². The van der Waals surface area contributed by atoms with Gasteiger partial charge in [-0.15, -0.1) is 0 Å². The Hall–Kier alpha value is -2.49. The minimum atomic E-state index is -0.692. The third kappa shape index (κ3) is 3.79. The summed E-state index contributed by atoms with van der Waals surface area (Å²) >= 11 is 0. The van der Waals surface area contributed by atoms with Gasteiger partial charge in [-0.3, -0.25) is 0 Å². The second kappa shape index (κ2) is 6.98. The average Bonchev–Trinajstić information content (AvgIpc) is 2.52. The van der Waals surface area contributed by atoms with Crippen LogP contribution in [-0.2, 0) is 4.79 Å². The van der Waals surface area contributed by atoms with Gasteiger partial charge in [-0.05, 0) is 62.2 Å². The van der Waals surface area contributed by atoms with Crippen LogP contribution in [0.4, 0.5) is 0 Å². The quantitative estimate of drug-likeness (QED) is 0.624. The van der Waals surface area contributed by atoms with Crippen LogP contribution >= 0.6 is 0 Å². The number of hydrogen-bond acceptors (Lipinski definition) is 4. The van der Waals surface area contributed by atoms with E-state index in [4.69, 9.17) is 14.2 Å². The number of aryl methyl sites for hydroxylation is 1. The SMILES string of the molecule is COc1ccc(OC(=O)[C@H](C)Oc2cccc(C)c2C)cc1. The molecule has 0 aromatic heterocycles.